The Bertz CT molecular complexity index is 703. The third-order valence-electron chi connectivity index (χ3n) is 2.89. The lowest BCUT2D eigenvalue weighted by molar-refractivity contribution is 1.08. The van der Waals surface area contributed by atoms with Gasteiger partial charge >= 0.3 is 0 Å². The Morgan fingerprint density at radius 1 is 1.25 bits per heavy atom. The smallest absolute Gasteiger partial charge is 0.226 e. The Hall–Kier alpha value is -1.66. The van der Waals surface area contributed by atoms with Crippen LogP contribution >= 0.6 is 22.7 Å². The second-order valence-electron chi connectivity index (χ2n) is 4.49. The molecular formula is C14H16N4S2. The van der Waals surface area contributed by atoms with Gasteiger partial charge in [0.2, 0.25) is 5.95 Å². The van der Waals surface area contributed by atoms with E-state index in [1.807, 2.05) is 6.92 Å². The third kappa shape index (κ3) is 2.76. The summed E-state index contributed by atoms with van der Waals surface area (Å²) in [5, 5.41) is 12.0. The summed E-state index contributed by atoms with van der Waals surface area (Å²) in [7, 11) is 0. The first kappa shape index (κ1) is 13.3. The lowest BCUT2D eigenvalue weighted by Gasteiger charge is -2.08. The largest absolute Gasteiger partial charge is 0.365 e. The van der Waals surface area contributed by atoms with E-state index >= 15 is 0 Å². The molecule has 0 aliphatic rings. The molecule has 0 unspecified atom stereocenters. The second kappa shape index (κ2) is 5.76. The molecule has 0 aliphatic heterocycles. The predicted octanol–water partition coefficient (Wildman–Crippen LogP) is 4.11. The zero-order valence-corrected chi connectivity index (χ0v) is 13.1. The molecule has 0 saturated heterocycles. The van der Waals surface area contributed by atoms with E-state index in [2.05, 4.69) is 50.4 Å². The van der Waals surface area contributed by atoms with Crippen LogP contribution in [0.15, 0.2) is 22.9 Å². The van der Waals surface area contributed by atoms with E-state index in [1.54, 1.807) is 22.7 Å². The standard InChI is InChI=1S/C14H16N4S2/c1-3-15-14-17-12(16-7-10-4-5-19-8-10)11-6-9(2)20-13(11)18-14/h4-6,8H,3,7H2,1-2H3,(H2,15,16,17,18). The van der Waals surface area contributed by atoms with Crippen LogP contribution in [0.3, 0.4) is 0 Å². The second-order valence-corrected chi connectivity index (χ2v) is 6.50. The fourth-order valence-corrected chi connectivity index (χ4v) is 3.54. The summed E-state index contributed by atoms with van der Waals surface area (Å²) >= 11 is 3.41. The van der Waals surface area contributed by atoms with Gasteiger partial charge in [0.15, 0.2) is 0 Å². The van der Waals surface area contributed by atoms with Gasteiger partial charge < -0.3 is 10.6 Å². The Balaban J connectivity index is 1.93. The van der Waals surface area contributed by atoms with Crippen molar-refractivity contribution < 1.29 is 0 Å². The SMILES string of the molecule is CCNc1nc(NCc2ccsc2)c2cc(C)sc2n1. The van der Waals surface area contributed by atoms with Crippen LogP contribution in [0.1, 0.15) is 17.4 Å². The van der Waals surface area contributed by atoms with E-state index in [-0.39, 0.29) is 0 Å². The number of thiophene rings is 2. The molecule has 0 aromatic carbocycles. The highest BCUT2D eigenvalue weighted by Crippen LogP contribution is 2.29. The van der Waals surface area contributed by atoms with Crippen molar-refractivity contribution >= 4 is 44.7 Å². The van der Waals surface area contributed by atoms with Crippen molar-refractivity contribution in [3.05, 3.63) is 33.3 Å². The Labute approximate surface area is 125 Å². The van der Waals surface area contributed by atoms with Gasteiger partial charge in [-0.3, -0.25) is 0 Å². The van der Waals surface area contributed by atoms with Crippen molar-refractivity contribution in [2.75, 3.05) is 17.2 Å². The molecule has 0 saturated carbocycles. The highest BCUT2D eigenvalue weighted by atomic mass is 32.1. The van der Waals surface area contributed by atoms with Crippen molar-refractivity contribution in [2.24, 2.45) is 0 Å². The molecule has 0 fully saturated rings. The van der Waals surface area contributed by atoms with Crippen molar-refractivity contribution in [1.82, 2.24) is 9.97 Å². The molecule has 2 N–H and O–H groups in total. The van der Waals surface area contributed by atoms with Crippen LogP contribution in [0.2, 0.25) is 0 Å². The molecule has 0 spiro atoms. The average Bonchev–Trinajstić information content (AvgIpc) is 3.04. The Morgan fingerprint density at radius 2 is 2.15 bits per heavy atom. The summed E-state index contributed by atoms with van der Waals surface area (Å²) in [5.74, 6) is 1.59. The molecular weight excluding hydrogens is 288 g/mol. The van der Waals surface area contributed by atoms with Crippen molar-refractivity contribution in [1.29, 1.82) is 0 Å². The molecule has 0 aliphatic carbocycles. The van der Waals surface area contributed by atoms with Gasteiger partial charge in [-0.15, -0.1) is 11.3 Å². The van der Waals surface area contributed by atoms with E-state index in [0.717, 1.165) is 29.1 Å². The fraction of sp³-hybridized carbons (Fsp3) is 0.286. The topological polar surface area (TPSA) is 49.8 Å². The molecule has 0 bridgehead atoms. The molecule has 6 heteroatoms. The summed E-state index contributed by atoms with van der Waals surface area (Å²) < 4.78 is 0. The molecule has 104 valence electrons. The minimum Gasteiger partial charge on any atom is -0.365 e. The van der Waals surface area contributed by atoms with Gasteiger partial charge in [-0.05, 0) is 42.3 Å². The number of anilines is 2. The van der Waals surface area contributed by atoms with E-state index in [4.69, 9.17) is 0 Å². The number of aromatic nitrogens is 2. The van der Waals surface area contributed by atoms with Gasteiger partial charge in [0.05, 0.1) is 5.39 Å². The minimum atomic E-state index is 0.690. The monoisotopic (exact) mass is 304 g/mol. The van der Waals surface area contributed by atoms with Gasteiger partial charge in [0, 0.05) is 18.0 Å². The summed E-state index contributed by atoms with van der Waals surface area (Å²) in [6.45, 7) is 5.75. The van der Waals surface area contributed by atoms with E-state index in [0.29, 0.717) is 5.95 Å². The molecule has 3 rings (SSSR count). The zero-order chi connectivity index (χ0) is 13.9. The lowest BCUT2D eigenvalue weighted by atomic mass is 10.3. The molecule has 4 nitrogen and oxygen atoms in total. The molecule has 20 heavy (non-hydrogen) atoms. The van der Waals surface area contributed by atoms with Crippen LogP contribution in [0.4, 0.5) is 11.8 Å². The van der Waals surface area contributed by atoms with Crippen LogP contribution in [0.5, 0.6) is 0 Å². The maximum absolute atomic E-state index is 4.58. The van der Waals surface area contributed by atoms with Crippen LogP contribution in [-0.2, 0) is 6.54 Å². The van der Waals surface area contributed by atoms with Gasteiger partial charge in [0.25, 0.3) is 0 Å². The summed E-state index contributed by atoms with van der Waals surface area (Å²) in [4.78, 5) is 11.4. The molecule has 3 heterocycles. The maximum Gasteiger partial charge on any atom is 0.226 e. The summed E-state index contributed by atoms with van der Waals surface area (Å²) in [5.41, 5.74) is 1.28. The average molecular weight is 304 g/mol. The number of hydrogen-bond acceptors (Lipinski definition) is 6. The normalized spacial score (nSPS) is 10.9. The van der Waals surface area contributed by atoms with Crippen LogP contribution in [-0.4, -0.2) is 16.5 Å². The number of nitrogens with zero attached hydrogens (tertiary/aromatic N) is 2. The van der Waals surface area contributed by atoms with Crippen LogP contribution in [0, 0.1) is 6.92 Å². The summed E-state index contributed by atoms with van der Waals surface area (Å²) in [6, 6.07) is 4.27. The van der Waals surface area contributed by atoms with E-state index < -0.39 is 0 Å². The third-order valence-corrected chi connectivity index (χ3v) is 4.57. The lowest BCUT2D eigenvalue weighted by Crippen LogP contribution is -2.06. The van der Waals surface area contributed by atoms with Gasteiger partial charge in [-0.25, -0.2) is 4.98 Å². The van der Waals surface area contributed by atoms with Gasteiger partial charge in [-0.2, -0.15) is 16.3 Å². The summed E-state index contributed by atoms with van der Waals surface area (Å²) in [6.07, 6.45) is 0. The van der Waals surface area contributed by atoms with Gasteiger partial charge in [-0.1, -0.05) is 0 Å². The van der Waals surface area contributed by atoms with Crippen molar-refractivity contribution in [3.8, 4) is 0 Å². The Morgan fingerprint density at radius 3 is 2.90 bits per heavy atom. The van der Waals surface area contributed by atoms with E-state index in [1.165, 1.54) is 10.4 Å². The van der Waals surface area contributed by atoms with E-state index in [9.17, 15) is 0 Å². The molecule has 0 radical (unpaired) electrons. The number of fused-ring (bicyclic) bond motifs is 1. The molecule has 3 aromatic rings. The number of aryl methyl sites for hydroxylation is 1. The quantitative estimate of drug-likeness (QED) is 0.745. The molecule has 3 aromatic heterocycles. The maximum atomic E-state index is 4.58. The minimum absolute atomic E-state index is 0.690. The zero-order valence-electron chi connectivity index (χ0n) is 11.4. The number of hydrogen-bond donors (Lipinski definition) is 2. The van der Waals surface area contributed by atoms with Crippen molar-refractivity contribution in [3.63, 3.8) is 0 Å². The Kier molecular flexibility index (Phi) is 3.84. The first-order valence-electron chi connectivity index (χ1n) is 6.53. The first-order valence-corrected chi connectivity index (χ1v) is 8.29. The van der Waals surface area contributed by atoms with Crippen LogP contribution < -0.4 is 10.6 Å². The highest BCUT2D eigenvalue weighted by Gasteiger charge is 2.10. The fourth-order valence-electron chi connectivity index (χ4n) is 1.99. The molecule has 0 atom stereocenters. The first-order chi connectivity index (χ1) is 9.76. The van der Waals surface area contributed by atoms with Gasteiger partial charge in [0.1, 0.15) is 10.6 Å². The highest BCUT2D eigenvalue weighted by molar-refractivity contribution is 7.18. The number of nitrogens with one attached hydrogen (secondary N) is 2. The molecule has 0 amide bonds. The van der Waals surface area contributed by atoms with Crippen LogP contribution in [0.25, 0.3) is 10.2 Å². The number of rotatable bonds is 5. The van der Waals surface area contributed by atoms with Crippen molar-refractivity contribution in [2.45, 2.75) is 20.4 Å². The predicted molar refractivity (Wildman–Crippen MR) is 88.0 cm³/mol.